The Morgan fingerprint density at radius 1 is 1.57 bits per heavy atom. The van der Waals surface area contributed by atoms with Crippen LogP contribution in [-0.2, 0) is 16.0 Å². The summed E-state index contributed by atoms with van der Waals surface area (Å²) in [5.74, 6) is 0. The topological polar surface area (TPSA) is 59.5 Å². The summed E-state index contributed by atoms with van der Waals surface area (Å²) in [5.41, 5.74) is 1.15. The zero-order valence-electron chi connectivity index (χ0n) is 13.3. The minimum absolute atomic E-state index is 0.0855. The number of likely N-dealkylation sites (tertiary alicyclic amines) is 1. The minimum Gasteiger partial charge on any atom is -0.445 e. The molecule has 0 aliphatic carbocycles. The number of ether oxygens (including phenoxy) is 1. The molecule has 0 saturated carbocycles. The third-order valence-corrected chi connectivity index (χ3v) is 4.76. The van der Waals surface area contributed by atoms with E-state index in [4.69, 9.17) is 4.74 Å². The molecule has 124 valence electrons. The summed E-state index contributed by atoms with van der Waals surface area (Å²) >= 11 is 1.31. The molecule has 5 nitrogen and oxygen atoms in total. The predicted octanol–water partition coefficient (Wildman–Crippen LogP) is 3.06. The van der Waals surface area contributed by atoms with Crippen molar-refractivity contribution in [3.63, 3.8) is 0 Å². The zero-order valence-corrected chi connectivity index (χ0v) is 14.1. The van der Waals surface area contributed by atoms with Gasteiger partial charge in [0.2, 0.25) is 0 Å². The molecule has 0 spiro atoms. The molecule has 23 heavy (non-hydrogen) atoms. The highest BCUT2D eigenvalue weighted by atomic mass is 32.2. The van der Waals surface area contributed by atoms with Gasteiger partial charge in [0.1, 0.15) is 6.61 Å². The maximum atomic E-state index is 12.2. The molecule has 1 aliphatic rings. The van der Waals surface area contributed by atoms with Gasteiger partial charge in [0.25, 0.3) is 0 Å². The Hall–Kier alpha value is -1.82. The SMILES string of the molecule is C=CCOC(=O)N1C[C@@H](SC(C)=O)C[C@H]1CCc1cccnc1. The van der Waals surface area contributed by atoms with Gasteiger partial charge in [-0.05, 0) is 30.9 Å². The van der Waals surface area contributed by atoms with Gasteiger partial charge in [0, 0.05) is 37.2 Å². The fraction of sp³-hybridized carbons (Fsp3) is 0.471. The van der Waals surface area contributed by atoms with Crippen LogP contribution in [0.3, 0.4) is 0 Å². The van der Waals surface area contributed by atoms with E-state index in [1.165, 1.54) is 11.8 Å². The summed E-state index contributed by atoms with van der Waals surface area (Å²) in [6, 6.07) is 4.03. The average Bonchev–Trinajstić information content (AvgIpc) is 2.93. The maximum Gasteiger partial charge on any atom is 0.410 e. The monoisotopic (exact) mass is 334 g/mol. The van der Waals surface area contributed by atoms with Gasteiger partial charge >= 0.3 is 6.09 Å². The standard InChI is InChI=1S/C17H22N2O3S/c1-3-9-22-17(21)19-12-16(23-13(2)20)10-15(19)7-6-14-5-4-8-18-11-14/h3-5,8,11,15-16H,1,6-7,9-10,12H2,2H3/t15-,16+/m1/s1. The molecule has 0 unspecified atom stereocenters. The Morgan fingerprint density at radius 3 is 3.04 bits per heavy atom. The van der Waals surface area contributed by atoms with Crippen LogP contribution in [0.5, 0.6) is 0 Å². The van der Waals surface area contributed by atoms with E-state index in [1.54, 1.807) is 24.1 Å². The lowest BCUT2D eigenvalue weighted by atomic mass is 10.1. The number of nitrogens with zero attached hydrogens (tertiary/aromatic N) is 2. The van der Waals surface area contributed by atoms with E-state index in [-0.39, 0.29) is 29.1 Å². The zero-order chi connectivity index (χ0) is 16.7. The summed E-state index contributed by atoms with van der Waals surface area (Å²) in [5, 5.41) is 0.227. The number of amides is 1. The molecule has 1 saturated heterocycles. The summed E-state index contributed by atoms with van der Waals surface area (Å²) < 4.78 is 5.17. The Kier molecular flexibility index (Phi) is 6.65. The first kappa shape index (κ1) is 17.5. The third-order valence-electron chi connectivity index (χ3n) is 3.76. The molecular weight excluding hydrogens is 312 g/mol. The first-order valence-corrected chi connectivity index (χ1v) is 8.58. The molecule has 0 bridgehead atoms. The quantitative estimate of drug-likeness (QED) is 0.748. The molecule has 0 aromatic carbocycles. The van der Waals surface area contributed by atoms with Crippen molar-refractivity contribution >= 4 is 23.0 Å². The van der Waals surface area contributed by atoms with Gasteiger partial charge in [-0.1, -0.05) is 30.5 Å². The molecule has 2 rings (SSSR count). The third kappa shape index (κ3) is 5.39. The Balaban J connectivity index is 1.98. The molecule has 1 aromatic rings. The van der Waals surface area contributed by atoms with E-state index < -0.39 is 0 Å². The van der Waals surface area contributed by atoms with E-state index >= 15 is 0 Å². The Morgan fingerprint density at radius 2 is 2.39 bits per heavy atom. The highest BCUT2D eigenvalue weighted by molar-refractivity contribution is 8.14. The summed E-state index contributed by atoms with van der Waals surface area (Å²) in [4.78, 5) is 29.4. The second-order valence-electron chi connectivity index (χ2n) is 5.54. The van der Waals surface area contributed by atoms with Crippen LogP contribution in [-0.4, -0.2) is 45.5 Å². The van der Waals surface area contributed by atoms with Crippen LogP contribution in [0.25, 0.3) is 0 Å². The highest BCUT2D eigenvalue weighted by Gasteiger charge is 2.36. The summed E-state index contributed by atoms with van der Waals surface area (Å²) in [6.07, 6.45) is 7.32. The molecular formula is C17H22N2O3S. The van der Waals surface area contributed by atoms with Crippen molar-refractivity contribution in [2.45, 2.75) is 37.5 Å². The van der Waals surface area contributed by atoms with Gasteiger partial charge in [-0.25, -0.2) is 4.79 Å². The Bertz CT molecular complexity index is 550. The van der Waals surface area contributed by atoms with Gasteiger partial charge in [0.15, 0.2) is 5.12 Å². The minimum atomic E-state index is -0.326. The number of rotatable bonds is 6. The molecule has 0 N–H and O–H groups in total. The van der Waals surface area contributed by atoms with Gasteiger partial charge in [-0.15, -0.1) is 0 Å². The van der Waals surface area contributed by atoms with Crippen molar-refractivity contribution < 1.29 is 14.3 Å². The summed E-state index contributed by atoms with van der Waals surface area (Å²) in [7, 11) is 0. The van der Waals surface area contributed by atoms with Gasteiger partial charge in [-0.3, -0.25) is 9.78 Å². The lowest BCUT2D eigenvalue weighted by Crippen LogP contribution is -2.36. The molecule has 1 fully saturated rings. The number of aromatic nitrogens is 1. The van der Waals surface area contributed by atoms with E-state index in [1.807, 2.05) is 18.3 Å². The largest absolute Gasteiger partial charge is 0.445 e. The lowest BCUT2D eigenvalue weighted by Gasteiger charge is -2.23. The molecule has 6 heteroatoms. The maximum absolute atomic E-state index is 12.2. The second-order valence-corrected chi connectivity index (χ2v) is 7.02. The van der Waals surface area contributed by atoms with Gasteiger partial charge in [-0.2, -0.15) is 0 Å². The van der Waals surface area contributed by atoms with Crippen LogP contribution < -0.4 is 0 Å². The molecule has 1 amide bonds. The molecule has 1 aromatic heterocycles. The lowest BCUT2D eigenvalue weighted by molar-refractivity contribution is -0.109. The van der Waals surface area contributed by atoms with Crippen molar-refractivity contribution in [3.05, 3.63) is 42.7 Å². The van der Waals surface area contributed by atoms with Crippen LogP contribution >= 0.6 is 11.8 Å². The number of carbonyl (C=O) groups is 2. The van der Waals surface area contributed by atoms with E-state index in [9.17, 15) is 9.59 Å². The van der Waals surface area contributed by atoms with E-state index in [0.29, 0.717) is 6.54 Å². The van der Waals surface area contributed by atoms with Crippen molar-refractivity contribution in [2.24, 2.45) is 0 Å². The summed E-state index contributed by atoms with van der Waals surface area (Å²) in [6.45, 7) is 5.88. The van der Waals surface area contributed by atoms with Gasteiger partial charge < -0.3 is 9.64 Å². The smallest absolute Gasteiger partial charge is 0.410 e. The second kappa shape index (κ2) is 8.72. The first-order chi connectivity index (χ1) is 11.1. The molecule has 0 radical (unpaired) electrons. The van der Waals surface area contributed by atoms with Gasteiger partial charge in [0.05, 0.1) is 0 Å². The van der Waals surface area contributed by atoms with Crippen molar-refractivity contribution in [3.8, 4) is 0 Å². The predicted molar refractivity (Wildman–Crippen MR) is 91.3 cm³/mol. The number of carbonyl (C=O) groups excluding carboxylic acids is 2. The van der Waals surface area contributed by atoms with Crippen LogP contribution in [0, 0.1) is 0 Å². The highest BCUT2D eigenvalue weighted by Crippen LogP contribution is 2.31. The Labute approximate surface area is 141 Å². The number of hydrogen-bond donors (Lipinski definition) is 0. The first-order valence-electron chi connectivity index (χ1n) is 7.70. The normalized spacial score (nSPS) is 20.3. The van der Waals surface area contributed by atoms with Crippen LogP contribution in [0.4, 0.5) is 4.79 Å². The number of thioether (sulfide) groups is 1. The van der Waals surface area contributed by atoms with Crippen molar-refractivity contribution in [1.29, 1.82) is 0 Å². The van der Waals surface area contributed by atoms with Crippen LogP contribution in [0.1, 0.15) is 25.3 Å². The van der Waals surface area contributed by atoms with Crippen molar-refractivity contribution in [1.82, 2.24) is 9.88 Å². The van der Waals surface area contributed by atoms with Crippen molar-refractivity contribution in [2.75, 3.05) is 13.2 Å². The average molecular weight is 334 g/mol. The number of hydrogen-bond acceptors (Lipinski definition) is 5. The fourth-order valence-corrected chi connectivity index (χ4v) is 3.81. The molecule has 1 aliphatic heterocycles. The number of pyridine rings is 1. The van der Waals surface area contributed by atoms with Crippen LogP contribution in [0.2, 0.25) is 0 Å². The fourth-order valence-electron chi connectivity index (χ4n) is 2.78. The molecule has 2 atom stereocenters. The number of aryl methyl sites for hydroxylation is 1. The van der Waals surface area contributed by atoms with E-state index in [2.05, 4.69) is 11.6 Å². The molecule has 2 heterocycles. The van der Waals surface area contributed by atoms with E-state index in [0.717, 1.165) is 24.8 Å². The van der Waals surface area contributed by atoms with Crippen LogP contribution in [0.15, 0.2) is 37.2 Å².